The van der Waals surface area contributed by atoms with Crippen LogP contribution in [0.5, 0.6) is 0 Å². The van der Waals surface area contributed by atoms with Crippen LogP contribution >= 0.6 is 11.6 Å². The van der Waals surface area contributed by atoms with Crippen LogP contribution in [0, 0.1) is 6.92 Å². The van der Waals surface area contributed by atoms with Gasteiger partial charge in [0.1, 0.15) is 0 Å². The summed E-state index contributed by atoms with van der Waals surface area (Å²) in [5.74, 6) is 0.0269. The number of aryl methyl sites for hydroxylation is 1. The lowest BCUT2D eigenvalue weighted by atomic mass is 10.2. The quantitative estimate of drug-likeness (QED) is 0.694. The standard InChI is InChI=1S/C21H21ClN4O/c1-16-3-2-4-20(13-16)24-9-11-25(12-10-24)21(27)17-14-23-26(15-17)19-7-5-18(22)6-8-19/h2-8,13-15H,9-12H2,1H3. The number of amides is 1. The molecule has 1 aliphatic heterocycles. The Labute approximate surface area is 163 Å². The van der Waals surface area contributed by atoms with Gasteiger partial charge in [0.25, 0.3) is 5.91 Å². The zero-order valence-electron chi connectivity index (χ0n) is 15.2. The van der Waals surface area contributed by atoms with Gasteiger partial charge in [-0.05, 0) is 48.9 Å². The number of piperazine rings is 1. The molecule has 2 heterocycles. The summed E-state index contributed by atoms with van der Waals surface area (Å²) in [5.41, 5.74) is 3.95. The summed E-state index contributed by atoms with van der Waals surface area (Å²) in [4.78, 5) is 17.1. The molecule has 1 amide bonds. The van der Waals surface area contributed by atoms with Gasteiger partial charge in [-0.25, -0.2) is 4.68 Å². The Morgan fingerprint density at radius 1 is 1.00 bits per heavy atom. The zero-order valence-corrected chi connectivity index (χ0v) is 15.9. The molecule has 3 aromatic rings. The number of benzene rings is 2. The van der Waals surface area contributed by atoms with E-state index in [2.05, 4.69) is 41.2 Å². The number of aromatic nitrogens is 2. The fourth-order valence-corrected chi connectivity index (χ4v) is 3.47. The SMILES string of the molecule is Cc1cccc(N2CCN(C(=O)c3cnn(-c4ccc(Cl)cc4)c3)CC2)c1. The summed E-state index contributed by atoms with van der Waals surface area (Å²) >= 11 is 5.93. The lowest BCUT2D eigenvalue weighted by Crippen LogP contribution is -2.48. The van der Waals surface area contributed by atoms with Crippen LogP contribution in [-0.2, 0) is 0 Å². The molecule has 2 aromatic carbocycles. The van der Waals surface area contributed by atoms with Gasteiger partial charge in [0.2, 0.25) is 0 Å². The molecule has 1 aromatic heterocycles. The van der Waals surface area contributed by atoms with Gasteiger partial charge in [0, 0.05) is 43.1 Å². The predicted octanol–water partition coefficient (Wildman–Crippen LogP) is 3.80. The highest BCUT2D eigenvalue weighted by molar-refractivity contribution is 6.30. The van der Waals surface area contributed by atoms with E-state index in [1.54, 1.807) is 17.1 Å². The number of nitrogens with zero attached hydrogens (tertiary/aromatic N) is 4. The molecule has 1 fully saturated rings. The molecular weight excluding hydrogens is 360 g/mol. The highest BCUT2D eigenvalue weighted by Crippen LogP contribution is 2.19. The van der Waals surface area contributed by atoms with Crippen molar-refractivity contribution < 1.29 is 4.79 Å². The number of hydrogen-bond acceptors (Lipinski definition) is 3. The second-order valence-electron chi connectivity index (χ2n) is 6.77. The molecule has 0 bridgehead atoms. The topological polar surface area (TPSA) is 41.4 Å². The maximum Gasteiger partial charge on any atom is 0.257 e. The molecule has 0 saturated carbocycles. The Balaban J connectivity index is 1.42. The average Bonchev–Trinajstić information content (AvgIpc) is 3.18. The van der Waals surface area contributed by atoms with Crippen molar-refractivity contribution in [2.45, 2.75) is 6.92 Å². The third kappa shape index (κ3) is 3.83. The van der Waals surface area contributed by atoms with Gasteiger partial charge < -0.3 is 9.80 Å². The smallest absolute Gasteiger partial charge is 0.257 e. The molecule has 0 N–H and O–H groups in total. The lowest BCUT2D eigenvalue weighted by Gasteiger charge is -2.36. The van der Waals surface area contributed by atoms with Crippen molar-refractivity contribution >= 4 is 23.2 Å². The second kappa shape index (κ2) is 7.45. The highest BCUT2D eigenvalue weighted by atomic mass is 35.5. The summed E-state index contributed by atoms with van der Waals surface area (Å²) in [6.45, 7) is 5.18. The number of hydrogen-bond donors (Lipinski definition) is 0. The van der Waals surface area contributed by atoms with Gasteiger partial charge in [-0.2, -0.15) is 5.10 Å². The molecule has 0 atom stereocenters. The van der Waals surface area contributed by atoms with Crippen molar-refractivity contribution in [3.63, 3.8) is 0 Å². The molecule has 4 rings (SSSR count). The van der Waals surface area contributed by atoms with Gasteiger partial charge in [0.05, 0.1) is 17.4 Å². The van der Waals surface area contributed by atoms with Crippen LogP contribution in [0.4, 0.5) is 5.69 Å². The van der Waals surface area contributed by atoms with Gasteiger partial charge in [-0.1, -0.05) is 23.7 Å². The Hall–Kier alpha value is -2.79. The minimum Gasteiger partial charge on any atom is -0.368 e. The Kier molecular flexibility index (Phi) is 4.86. The molecule has 1 aliphatic rings. The molecule has 0 aliphatic carbocycles. The number of carbonyl (C=O) groups is 1. The first-order chi connectivity index (χ1) is 13.1. The third-order valence-corrected chi connectivity index (χ3v) is 5.11. The van der Waals surface area contributed by atoms with Crippen LogP contribution in [-0.4, -0.2) is 46.8 Å². The number of carbonyl (C=O) groups excluding carboxylic acids is 1. The van der Waals surface area contributed by atoms with E-state index in [1.807, 2.05) is 29.2 Å². The molecule has 0 unspecified atom stereocenters. The molecule has 0 radical (unpaired) electrons. The van der Waals surface area contributed by atoms with E-state index in [1.165, 1.54) is 11.3 Å². The van der Waals surface area contributed by atoms with Gasteiger partial charge >= 0.3 is 0 Å². The van der Waals surface area contributed by atoms with Crippen molar-refractivity contribution in [2.24, 2.45) is 0 Å². The molecule has 138 valence electrons. The number of rotatable bonds is 3. The normalized spacial score (nSPS) is 14.4. The first kappa shape index (κ1) is 17.6. The molecular formula is C21H21ClN4O. The third-order valence-electron chi connectivity index (χ3n) is 4.85. The fourth-order valence-electron chi connectivity index (χ4n) is 3.34. The molecule has 27 heavy (non-hydrogen) atoms. The van der Waals surface area contributed by atoms with Crippen molar-refractivity contribution in [3.8, 4) is 5.69 Å². The Bertz CT molecular complexity index is 943. The summed E-state index contributed by atoms with van der Waals surface area (Å²) < 4.78 is 1.70. The van der Waals surface area contributed by atoms with Crippen LogP contribution in [0.1, 0.15) is 15.9 Å². The largest absolute Gasteiger partial charge is 0.368 e. The second-order valence-corrected chi connectivity index (χ2v) is 7.20. The minimum atomic E-state index is 0.0269. The van der Waals surface area contributed by atoms with E-state index in [9.17, 15) is 4.79 Å². The van der Waals surface area contributed by atoms with Crippen LogP contribution in [0.25, 0.3) is 5.69 Å². The van der Waals surface area contributed by atoms with E-state index in [0.29, 0.717) is 23.7 Å². The van der Waals surface area contributed by atoms with E-state index < -0.39 is 0 Å². The van der Waals surface area contributed by atoms with E-state index in [4.69, 9.17) is 11.6 Å². The van der Waals surface area contributed by atoms with Crippen molar-refractivity contribution in [3.05, 3.63) is 77.1 Å². The zero-order chi connectivity index (χ0) is 18.8. The van der Waals surface area contributed by atoms with Crippen LogP contribution in [0.2, 0.25) is 5.02 Å². The first-order valence-electron chi connectivity index (χ1n) is 9.02. The van der Waals surface area contributed by atoms with Crippen LogP contribution in [0.15, 0.2) is 60.9 Å². The average molecular weight is 381 g/mol. The van der Waals surface area contributed by atoms with Crippen molar-refractivity contribution in [1.82, 2.24) is 14.7 Å². The summed E-state index contributed by atoms with van der Waals surface area (Å²) in [6, 6.07) is 15.9. The van der Waals surface area contributed by atoms with Crippen LogP contribution in [0.3, 0.4) is 0 Å². The monoisotopic (exact) mass is 380 g/mol. The number of halogens is 1. The first-order valence-corrected chi connectivity index (χ1v) is 9.39. The molecule has 0 spiro atoms. The minimum absolute atomic E-state index is 0.0269. The molecule has 5 nitrogen and oxygen atoms in total. The molecule has 6 heteroatoms. The van der Waals surface area contributed by atoms with Gasteiger partial charge in [-0.3, -0.25) is 4.79 Å². The predicted molar refractivity (Wildman–Crippen MR) is 108 cm³/mol. The summed E-state index contributed by atoms with van der Waals surface area (Å²) in [5, 5.41) is 4.99. The summed E-state index contributed by atoms with van der Waals surface area (Å²) in [6.07, 6.45) is 3.41. The van der Waals surface area contributed by atoms with Gasteiger partial charge in [0.15, 0.2) is 0 Å². The Morgan fingerprint density at radius 3 is 2.44 bits per heavy atom. The maximum atomic E-state index is 12.8. The fraction of sp³-hybridized carbons (Fsp3) is 0.238. The van der Waals surface area contributed by atoms with Crippen LogP contribution < -0.4 is 4.90 Å². The Morgan fingerprint density at radius 2 is 1.74 bits per heavy atom. The highest BCUT2D eigenvalue weighted by Gasteiger charge is 2.23. The lowest BCUT2D eigenvalue weighted by molar-refractivity contribution is 0.0747. The van der Waals surface area contributed by atoms with E-state index in [0.717, 1.165) is 18.8 Å². The van der Waals surface area contributed by atoms with E-state index >= 15 is 0 Å². The number of anilines is 1. The van der Waals surface area contributed by atoms with E-state index in [-0.39, 0.29) is 5.91 Å². The molecule has 1 saturated heterocycles. The van der Waals surface area contributed by atoms with Crippen molar-refractivity contribution in [1.29, 1.82) is 0 Å². The van der Waals surface area contributed by atoms with Crippen molar-refractivity contribution in [2.75, 3.05) is 31.1 Å². The van der Waals surface area contributed by atoms with Gasteiger partial charge in [-0.15, -0.1) is 0 Å². The summed E-state index contributed by atoms with van der Waals surface area (Å²) in [7, 11) is 0. The maximum absolute atomic E-state index is 12.8.